The number of aromatic nitrogens is 2. The van der Waals surface area contributed by atoms with E-state index in [1.54, 1.807) is 4.90 Å². The van der Waals surface area contributed by atoms with Crippen molar-refractivity contribution in [1.82, 2.24) is 15.3 Å². The second-order valence-corrected chi connectivity index (χ2v) is 6.03. The molecule has 0 spiro atoms. The normalized spacial score (nSPS) is 22.6. The summed E-state index contributed by atoms with van der Waals surface area (Å²) in [4.78, 5) is 21.0. The third kappa shape index (κ3) is 3.95. The van der Waals surface area contributed by atoms with Crippen LogP contribution in [-0.4, -0.2) is 47.7 Å². The number of carbonyl (C=O) groups is 1. The average molecular weight is 344 g/mol. The van der Waals surface area contributed by atoms with Crippen molar-refractivity contribution in [1.29, 1.82) is 0 Å². The first kappa shape index (κ1) is 16.9. The summed E-state index contributed by atoms with van der Waals surface area (Å²) in [5.41, 5.74) is -0.943. The molecular formula is C15H19F3N4O2. The number of nitrogens with one attached hydrogen (secondary N) is 1. The van der Waals surface area contributed by atoms with Gasteiger partial charge in [0, 0.05) is 31.8 Å². The van der Waals surface area contributed by atoms with Gasteiger partial charge in [-0.15, -0.1) is 0 Å². The molecule has 24 heavy (non-hydrogen) atoms. The van der Waals surface area contributed by atoms with E-state index in [1.807, 2.05) is 0 Å². The summed E-state index contributed by atoms with van der Waals surface area (Å²) in [5.74, 6) is 0.175. The summed E-state index contributed by atoms with van der Waals surface area (Å²) in [6.45, 7) is 1.68. The predicted molar refractivity (Wildman–Crippen MR) is 79.4 cm³/mol. The summed E-state index contributed by atoms with van der Waals surface area (Å²) >= 11 is 0. The van der Waals surface area contributed by atoms with E-state index >= 15 is 0 Å². The lowest BCUT2D eigenvalue weighted by Gasteiger charge is -2.33. The van der Waals surface area contributed by atoms with Crippen LogP contribution in [0.3, 0.4) is 0 Å². The molecule has 3 heterocycles. The Morgan fingerprint density at radius 3 is 2.62 bits per heavy atom. The van der Waals surface area contributed by atoms with E-state index in [9.17, 15) is 18.0 Å². The highest BCUT2D eigenvalue weighted by Crippen LogP contribution is 2.29. The lowest BCUT2D eigenvalue weighted by molar-refractivity contribution is -0.141. The van der Waals surface area contributed by atoms with Crippen molar-refractivity contribution < 1.29 is 22.7 Å². The molecule has 2 aliphatic rings. The minimum atomic E-state index is -4.48. The highest BCUT2D eigenvalue weighted by molar-refractivity contribution is 5.81. The maximum absolute atomic E-state index is 12.7. The van der Waals surface area contributed by atoms with Crippen LogP contribution in [0.2, 0.25) is 0 Å². The summed E-state index contributed by atoms with van der Waals surface area (Å²) < 4.78 is 43.5. The number of alkyl halides is 3. The van der Waals surface area contributed by atoms with Crippen molar-refractivity contribution in [3.8, 4) is 0 Å². The highest BCUT2D eigenvalue weighted by Gasteiger charge is 2.34. The number of piperidine rings is 1. The first-order valence-electron chi connectivity index (χ1n) is 7.99. The smallest absolute Gasteiger partial charge is 0.368 e. The van der Waals surface area contributed by atoms with E-state index < -0.39 is 11.9 Å². The van der Waals surface area contributed by atoms with E-state index in [-0.39, 0.29) is 23.9 Å². The number of halogens is 3. The topological polar surface area (TPSA) is 67.4 Å². The Morgan fingerprint density at radius 2 is 2.00 bits per heavy atom. The van der Waals surface area contributed by atoms with Crippen molar-refractivity contribution in [3.05, 3.63) is 18.1 Å². The van der Waals surface area contributed by atoms with Crippen LogP contribution < -0.4 is 10.2 Å². The van der Waals surface area contributed by atoms with E-state index in [0.717, 1.165) is 25.2 Å². The Morgan fingerprint density at radius 1 is 1.25 bits per heavy atom. The zero-order chi connectivity index (χ0) is 17.2. The quantitative estimate of drug-likeness (QED) is 0.905. The summed E-state index contributed by atoms with van der Waals surface area (Å²) in [6, 6.07) is 0.979. The van der Waals surface area contributed by atoms with Gasteiger partial charge in [-0.1, -0.05) is 0 Å². The molecule has 1 atom stereocenters. The van der Waals surface area contributed by atoms with Gasteiger partial charge < -0.3 is 15.0 Å². The van der Waals surface area contributed by atoms with Gasteiger partial charge in [0.2, 0.25) is 5.91 Å². The fourth-order valence-electron chi connectivity index (χ4n) is 3.01. The molecule has 2 saturated heterocycles. The van der Waals surface area contributed by atoms with Gasteiger partial charge in [0.25, 0.3) is 0 Å². The standard InChI is InChI=1S/C15H19F3N4O2/c16-15(17,18)12-8-13(20-9-19-12)22-5-3-10(4-6-22)21-14(23)11-2-1-7-24-11/h8-11H,1-7H2,(H,21,23)/t11-/m1/s1. The van der Waals surface area contributed by atoms with Crippen LogP contribution in [0.25, 0.3) is 0 Å². The van der Waals surface area contributed by atoms with Crippen LogP contribution in [0.15, 0.2) is 12.4 Å². The van der Waals surface area contributed by atoms with Gasteiger partial charge in [0.15, 0.2) is 0 Å². The molecule has 3 rings (SSSR count). The third-order valence-corrected chi connectivity index (χ3v) is 4.33. The molecule has 1 aromatic heterocycles. The zero-order valence-corrected chi connectivity index (χ0v) is 13.1. The van der Waals surface area contributed by atoms with Crippen molar-refractivity contribution in [2.24, 2.45) is 0 Å². The molecule has 9 heteroatoms. The monoisotopic (exact) mass is 344 g/mol. The molecule has 0 bridgehead atoms. The van der Waals surface area contributed by atoms with Crippen LogP contribution in [-0.2, 0) is 15.7 Å². The number of nitrogens with zero attached hydrogens (tertiary/aromatic N) is 3. The van der Waals surface area contributed by atoms with Gasteiger partial charge in [-0.2, -0.15) is 13.2 Å². The number of rotatable bonds is 3. The Kier molecular flexibility index (Phi) is 4.88. The average Bonchev–Trinajstić information content (AvgIpc) is 3.09. The van der Waals surface area contributed by atoms with Gasteiger partial charge in [0.05, 0.1) is 0 Å². The first-order chi connectivity index (χ1) is 11.4. The molecule has 1 N–H and O–H groups in total. The fourth-order valence-corrected chi connectivity index (χ4v) is 3.01. The number of hydrogen-bond acceptors (Lipinski definition) is 5. The minimum absolute atomic E-state index is 0.0156. The van der Waals surface area contributed by atoms with Crippen molar-refractivity contribution in [3.63, 3.8) is 0 Å². The van der Waals surface area contributed by atoms with Gasteiger partial charge in [-0.3, -0.25) is 4.79 Å². The second-order valence-electron chi connectivity index (χ2n) is 6.03. The Balaban J connectivity index is 1.54. The fraction of sp³-hybridized carbons (Fsp3) is 0.667. The molecule has 6 nitrogen and oxygen atoms in total. The third-order valence-electron chi connectivity index (χ3n) is 4.33. The minimum Gasteiger partial charge on any atom is -0.368 e. The molecule has 0 radical (unpaired) electrons. The summed E-state index contributed by atoms with van der Waals surface area (Å²) in [5, 5.41) is 2.97. The van der Waals surface area contributed by atoms with Gasteiger partial charge in [-0.05, 0) is 25.7 Å². The Hall–Kier alpha value is -1.90. The molecule has 0 aromatic carbocycles. The lowest BCUT2D eigenvalue weighted by atomic mass is 10.0. The summed E-state index contributed by atoms with van der Waals surface area (Å²) in [6.07, 6.45) is -0.959. The van der Waals surface area contributed by atoms with Gasteiger partial charge in [0.1, 0.15) is 23.9 Å². The van der Waals surface area contributed by atoms with Crippen LogP contribution in [0.4, 0.5) is 19.0 Å². The molecule has 0 saturated carbocycles. The molecule has 0 unspecified atom stereocenters. The van der Waals surface area contributed by atoms with Crippen molar-refractivity contribution >= 4 is 11.7 Å². The van der Waals surface area contributed by atoms with Crippen LogP contribution in [0.5, 0.6) is 0 Å². The van der Waals surface area contributed by atoms with Crippen molar-refractivity contribution in [2.45, 2.75) is 44.0 Å². The van der Waals surface area contributed by atoms with Crippen molar-refractivity contribution in [2.75, 3.05) is 24.6 Å². The lowest BCUT2D eigenvalue weighted by Crippen LogP contribution is -2.47. The number of ether oxygens (including phenoxy) is 1. The molecule has 132 valence electrons. The van der Waals surface area contributed by atoms with E-state index in [1.165, 1.54) is 0 Å². The first-order valence-corrected chi connectivity index (χ1v) is 7.99. The molecular weight excluding hydrogens is 325 g/mol. The van der Waals surface area contributed by atoms with Crippen LogP contribution >= 0.6 is 0 Å². The number of hydrogen-bond donors (Lipinski definition) is 1. The van der Waals surface area contributed by atoms with Gasteiger partial charge in [-0.25, -0.2) is 9.97 Å². The maximum Gasteiger partial charge on any atom is 0.433 e. The SMILES string of the molecule is O=C(NC1CCN(c2cc(C(F)(F)F)ncn2)CC1)[C@H]1CCCO1. The number of anilines is 1. The van der Waals surface area contributed by atoms with E-state index in [4.69, 9.17) is 4.74 Å². The molecule has 1 amide bonds. The molecule has 1 aromatic rings. The van der Waals surface area contributed by atoms with E-state index in [2.05, 4.69) is 15.3 Å². The zero-order valence-electron chi connectivity index (χ0n) is 13.1. The van der Waals surface area contributed by atoms with Crippen LogP contribution in [0, 0.1) is 0 Å². The second kappa shape index (κ2) is 6.92. The van der Waals surface area contributed by atoms with E-state index in [0.29, 0.717) is 32.5 Å². The van der Waals surface area contributed by atoms with Gasteiger partial charge >= 0.3 is 6.18 Å². The Labute approximate surface area is 137 Å². The molecule has 2 aliphatic heterocycles. The maximum atomic E-state index is 12.7. The number of amides is 1. The number of carbonyl (C=O) groups excluding carboxylic acids is 1. The largest absolute Gasteiger partial charge is 0.433 e. The highest BCUT2D eigenvalue weighted by atomic mass is 19.4. The predicted octanol–water partition coefficient (Wildman–Crippen LogP) is 1.76. The summed E-state index contributed by atoms with van der Waals surface area (Å²) in [7, 11) is 0. The Bertz CT molecular complexity index is 582. The molecule has 2 fully saturated rings. The molecule has 0 aliphatic carbocycles. The van der Waals surface area contributed by atoms with Crippen LogP contribution in [0.1, 0.15) is 31.4 Å².